The van der Waals surface area contributed by atoms with Crippen molar-refractivity contribution in [1.82, 2.24) is 9.88 Å². The highest BCUT2D eigenvalue weighted by molar-refractivity contribution is 5.92. The number of nitrogens with zero attached hydrogens (tertiary/aromatic N) is 3. The molecule has 2 aromatic rings. The predicted molar refractivity (Wildman–Crippen MR) is 109 cm³/mol. The molecule has 2 atom stereocenters. The maximum Gasteiger partial charge on any atom is 0.194 e. The summed E-state index contributed by atoms with van der Waals surface area (Å²) in [6.07, 6.45) is 5.96. The second-order valence-corrected chi connectivity index (χ2v) is 8.41. The maximum atomic E-state index is 15.4. The van der Waals surface area contributed by atoms with Crippen LogP contribution in [0.4, 0.5) is 10.1 Å². The van der Waals surface area contributed by atoms with Crippen molar-refractivity contribution in [3.8, 4) is 5.75 Å². The number of hydrogen-bond donors (Lipinski definition) is 1. The third-order valence-corrected chi connectivity index (χ3v) is 6.57. The van der Waals surface area contributed by atoms with Gasteiger partial charge in [-0.25, -0.2) is 4.39 Å². The van der Waals surface area contributed by atoms with Crippen LogP contribution in [0.15, 0.2) is 22.2 Å². The van der Waals surface area contributed by atoms with Gasteiger partial charge in [0.25, 0.3) is 0 Å². The molecule has 1 N–H and O–H groups in total. The highest BCUT2D eigenvalue weighted by Gasteiger charge is 2.38. The number of nitrogens with one attached hydrogen (secondary N) is 1. The normalized spacial score (nSPS) is 24.0. The van der Waals surface area contributed by atoms with Crippen molar-refractivity contribution in [2.45, 2.75) is 44.3 Å². The first kappa shape index (κ1) is 18.5. The van der Waals surface area contributed by atoms with Crippen LogP contribution in [0.1, 0.15) is 37.3 Å². The minimum absolute atomic E-state index is 0.214. The summed E-state index contributed by atoms with van der Waals surface area (Å²) in [5.41, 5.74) is 1.00. The fourth-order valence-corrected chi connectivity index (χ4v) is 5.04. The van der Waals surface area contributed by atoms with Crippen molar-refractivity contribution in [2.75, 3.05) is 31.6 Å². The summed E-state index contributed by atoms with van der Waals surface area (Å²) in [4.78, 5) is 25.8. The topological polar surface area (TPSA) is 75.9 Å². The monoisotopic (exact) mass is 400 g/mol. The SMILES string of the molecule is COc1c(N2CC3CCCNC3C2)c(F)cc2c(=O)c(CN=O)cn(C3CC3)c12. The standard InChI is InChI=1S/C21H25FN4O3/c1-29-21-18-15(20(27)13(8-24-28)10-26(18)14-4-5-14)7-16(22)19(21)25-9-12-3-2-6-23-17(12)11-25/h7,10,12,14,17,23H,2-6,8-9,11H2,1H3. The molecule has 3 fully saturated rings. The van der Waals surface area contributed by atoms with Crippen molar-refractivity contribution in [3.05, 3.63) is 38.8 Å². The van der Waals surface area contributed by atoms with Crippen LogP contribution in [-0.2, 0) is 6.54 Å². The van der Waals surface area contributed by atoms with Gasteiger partial charge in [0.05, 0.1) is 18.0 Å². The lowest BCUT2D eigenvalue weighted by atomic mass is 9.94. The number of anilines is 1. The predicted octanol–water partition coefficient (Wildman–Crippen LogP) is 2.94. The quantitative estimate of drug-likeness (QED) is 0.781. The Kier molecular flexibility index (Phi) is 4.53. The molecule has 3 heterocycles. The molecule has 3 aliphatic rings. The lowest BCUT2D eigenvalue weighted by Crippen LogP contribution is -2.40. The Morgan fingerprint density at radius 3 is 2.83 bits per heavy atom. The second kappa shape index (κ2) is 7.09. The largest absolute Gasteiger partial charge is 0.492 e. The van der Waals surface area contributed by atoms with Gasteiger partial charge in [-0.1, -0.05) is 5.18 Å². The zero-order valence-corrected chi connectivity index (χ0v) is 16.5. The zero-order valence-electron chi connectivity index (χ0n) is 16.5. The number of hydrogen-bond acceptors (Lipinski definition) is 6. The van der Waals surface area contributed by atoms with E-state index in [1.165, 1.54) is 13.2 Å². The molecule has 2 aliphatic heterocycles. The molecular formula is C21H25FN4O3. The minimum atomic E-state index is -0.455. The van der Waals surface area contributed by atoms with Crippen LogP contribution in [0, 0.1) is 16.6 Å². The molecule has 1 aromatic heterocycles. The molecule has 29 heavy (non-hydrogen) atoms. The van der Waals surface area contributed by atoms with Gasteiger partial charge >= 0.3 is 0 Å². The number of fused-ring (bicyclic) bond motifs is 2. The van der Waals surface area contributed by atoms with E-state index in [0.717, 1.165) is 45.3 Å². The van der Waals surface area contributed by atoms with E-state index >= 15 is 4.39 Å². The van der Waals surface area contributed by atoms with Crippen LogP contribution >= 0.6 is 0 Å². The fourth-order valence-electron chi connectivity index (χ4n) is 5.04. The Hall–Kier alpha value is -2.48. The first-order chi connectivity index (χ1) is 14.1. The van der Waals surface area contributed by atoms with Crippen molar-refractivity contribution in [3.63, 3.8) is 0 Å². The number of methoxy groups -OCH3 is 1. The number of piperidine rings is 1. The second-order valence-electron chi connectivity index (χ2n) is 8.41. The number of rotatable bonds is 5. The van der Waals surface area contributed by atoms with Crippen LogP contribution in [0.3, 0.4) is 0 Å². The molecule has 1 saturated carbocycles. The van der Waals surface area contributed by atoms with E-state index in [1.807, 2.05) is 4.57 Å². The summed E-state index contributed by atoms with van der Waals surface area (Å²) >= 11 is 0. The van der Waals surface area contributed by atoms with Crippen LogP contribution in [0.5, 0.6) is 5.75 Å². The molecule has 0 bridgehead atoms. The van der Waals surface area contributed by atoms with Crippen molar-refractivity contribution in [1.29, 1.82) is 0 Å². The van der Waals surface area contributed by atoms with E-state index in [2.05, 4.69) is 15.4 Å². The van der Waals surface area contributed by atoms with E-state index in [9.17, 15) is 9.70 Å². The average molecular weight is 400 g/mol. The lowest BCUT2D eigenvalue weighted by molar-refractivity contribution is 0.340. The summed E-state index contributed by atoms with van der Waals surface area (Å²) in [6.45, 7) is 2.29. The summed E-state index contributed by atoms with van der Waals surface area (Å²) in [5.74, 6) is 0.451. The summed E-state index contributed by atoms with van der Waals surface area (Å²) in [6, 6.07) is 1.91. The van der Waals surface area contributed by atoms with Gasteiger partial charge in [-0.05, 0) is 44.2 Å². The van der Waals surface area contributed by atoms with Gasteiger partial charge in [0.2, 0.25) is 0 Å². The van der Waals surface area contributed by atoms with Gasteiger partial charge in [-0.3, -0.25) is 4.79 Å². The number of ether oxygens (including phenoxy) is 1. The number of nitroso groups, excluding NO2 is 1. The van der Waals surface area contributed by atoms with E-state index in [4.69, 9.17) is 4.74 Å². The van der Waals surface area contributed by atoms with Gasteiger partial charge < -0.3 is 19.5 Å². The smallest absolute Gasteiger partial charge is 0.194 e. The molecular weight excluding hydrogens is 375 g/mol. The number of halogens is 1. The van der Waals surface area contributed by atoms with Crippen molar-refractivity contribution < 1.29 is 9.13 Å². The summed E-state index contributed by atoms with van der Waals surface area (Å²) < 4.78 is 23.1. The first-order valence-electron chi connectivity index (χ1n) is 10.3. The Morgan fingerprint density at radius 2 is 2.14 bits per heavy atom. The Bertz CT molecular complexity index is 1020. The molecule has 1 aromatic carbocycles. The zero-order chi connectivity index (χ0) is 20.1. The number of benzene rings is 1. The highest BCUT2D eigenvalue weighted by atomic mass is 19.1. The minimum Gasteiger partial charge on any atom is -0.492 e. The van der Waals surface area contributed by atoms with E-state index < -0.39 is 5.82 Å². The van der Waals surface area contributed by atoms with Gasteiger partial charge in [0, 0.05) is 36.9 Å². The summed E-state index contributed by atoms with van der Waals surface area (Å²) in [7, 11) is 1.53. The molecule has 1 aliphatic carbocycles. The fraction of sp³-hybridized carbons (Fsp3) is 0.571. The number of aromatic nitrogens is 1. The van der Waals surface area contributed by atoms with Crippen LogP contribution < -0.4 is 20.4 Å². The summed E-state index contributed by atoms with van der Waals surface area (Å²) in [5, 5.41) is 6.68. The molecule has 154 valence electrons. The van der Waals surface area contributed by atoms with E-state index in [0.29, 0.717) is 34.5 Å². The van der Waals surface area contributed by atoms with E-state index in [1.54, 1.807) is 6.20 Å². The van der Waals surface area contributed by atoms with Crippen LogP contribution in [-0.4, -0.2) is 37.4 Å². The van der Waals surface area contributed by atoms with Crippen LogP contribution in [0.2, 0.25) is 0 Å². The van der Waals surface area contributed by atoms with Gasteiger partial charge in [0.1, 0.15) is 12.2 Å². The third-order valence-electron chi connectivity index (χ3n) is 6.57. The third kappa shape index (κ3) is 3.01. The van der Waals surface area contributed by atoms with Crippen molar-refractivity contribution >= 4 is 16.6 Å². The van der Waals surface area contributed by atoms with Crippen molar-refractivity contribution in [2.24, 2.45) is 11.1 Å². The first-order valence-corrected chi connectivity index (χ1v) is 10.3. The van der Waals surface area contributed by atoms with Crippen LogP contribution in [0.25, 0.3) is 10.9 Å². The van der Waals surface area contributed by atoms with Gasteiger partial charge in [0.15, 0.2) is 17.0 Å². The molecule has 0 spiro atoms. The van der Waals surface area contributed by atoms with Gasteiger partial charge in [-0.2, -0.15) is 4.91 Å². The molecule has 2 saturated heterocycles. The molecule has 7 nitrogen and oxygen atoms in total. The Balaban J connectivity index is 1.71. The average Bonchev–Trinajstić information content (AvgIpc) is 3.47. The number of pyridine rings is 1. The molecule has 5 rings (SSSR count). The highest BCUT2D eigenvalue weighted by Crippen LogP contribution is 2.45. The Morgan fingerprint density at radius 1 is 1.31 bits per heavy atom. The molecule has 0 amide bonds. The molecule has 8 heteroatoms. The Labute approximate surface area is 167 Å². The maximum absolute atomic E-state index is 15.4. The molecule has 0 radical (unpaired) electrons. The lowest BCUT2D eigenvalue weighted by Gasteiger charge is -2.25. The van der Waals surface area contributed by atoms with E-state index in [-0.39, 0.29) is 23.4 Å². The van der Waals surface area contributed by atoms with Gasteiger partial charge in [-0.15, -0.1) is 0 Å². The molecule has 2 unspecified atom stereocenters.